The number of nitrogens with one attached hydrogen (secondary N) is 3. The lowest BCUT2D eigenvalue weighted by molar-refractivity contribution is 0.518. The minimum Gasteiger partial charge on any atom is -0.317 e. The smallest absolute Gasteiger partial charge is 0.00489 e. The van der Waals surface area contributed by atoms with Crippen molar-refractivity contribution >= 4 is 0 Å². The van der Waals surface area contributed by atoms with Crippen LogP contribution in [0.4, 0.5) is 0 Å². The van der Waals surface area contributed by atoms with Crippen molar-refractivity contribution in [3.63, 3.8) is 0 Å². The third-order valence-electron chi connectivity index (χ3n) is 4.12. The monoisotopic (exact) mass is 283 g/mol. The van der Waals surface area contributed by atoms with Gasteiger partial charge in [0.15, 0.2) is 0 Å². The van der Waals surface area contributed by atoms with E-state index in [2.05, 4.69) is 16.0 Å². The Bertz CT molecular complexity index is 98.6. The molecular formula is C17H37N3. The van der Waals surface area contributed by atoms with Gasteiger partial charge in [0.2, 0.25) is 0 Å². The van der Waals surface area contributed by atoms with Gasteiger partial charge in [-0.1, -0.05) is 32.1 Å². The van der Waals surface area contributed by atoms with E-state index in [1.165, 1.54) is 110 Å². The molecule has 0 aliphatic carbocycles. The topological polar surface area (TPSA) is 36.1 Å². The average Bonchev–Trinajstić information content (AvgIpc) is 2.46. The summed E-state index contributed by atoms with van der Waals surface area (Å²) in [7, 11) is 0. The van der Waals surface area contributed by atoms with Gasteiger partial charge < -0.3 is 16.0 Å². The highest BCUT2D eigenvalue weighted by molar-refractivity contribution is 4.56. The maximum atomic E-state index is 3.58. The van der Waals surface area contributed by atoms with Gasteiger partial charge in [0.1, 0.15) is 0 Å². The summed E-state index contributed by atoms with van der Waals surface area (Å²) in [6.45, 7) is 7.28. The fraction of sp³-hybridized carbons (Fsp3) is 1.00. The molecule has 1 aliphatic heterocycles. The fourth-order valence-electron chi connectivity index (χ4n) is 2.76. The zero-order chi connectivity index (χ0) is 14.1. The molecule has 3 nitrogen and oxygen atoms in total. The molecule has 120 valence electrons. The van der Waals surface area contributed by atoms with Crippen molar-refractivity contribution in [2.24, 2.45) is 0 Å². The van der Waals surface area contributed by atoms with E-state index in [4.69, 9.17) is 0 Å². The maximum absolute atomic E-state index is 3.58. The summed E-state index contributed by atoms with van der Waals surface area (Å²) in [4.78, 5) is 0. The molecule has 0 aromatic rings. The Morgan fingerprint density at radius 2 is 0.450 bits per heavy atom. The largest absolute Gasteiger partial charge is 0.317 e. The van der Waals surface area contributed by atoms with Crippen molar-refractivity contribution in [3.05, 3.63) is 0 Å². The first-order valence-corrected chi connectivity index (χ1v) is 9.12. The van der Waals surface area contributed by atoms with Crippen LogP contribution in [0.25, 0.3) is 0 Å². The zero-order valence-electron chi connectivity index (χ0n) is 13.5. The lowest BCUT2D eigenvalue weighted by Gasteiger charge is -2.08. The van der Waals surface area contributed by atoms with Gasteiger partial charge in [-0.2, -0.15) is 0 Å². The van der Waals surface area contributed by atoms with E-state index in [1.807, 2.05) is 0 Å². The molecule has 0 spiro atoms. The Balaban J connectivity index is 2.00. The number of rotatable bonds is 0. The second-order valence-corrected chi connectivity index (χ2v) is 6.14. The van der Waals surface area contributed by atoms with Gasteiger partial charge in [0, 0.05) is 0 Å². The van der Waals surface area contributed by atoms with E-state index in [0.717, 1.165) is 0 Å². The quantitative estimate of drug-likeness (QED) is 0.639. The van der Waals surface area contributed by atoms with Gasteiger partial charge in [0.05, 0.1) is 0 Å². The molecule has 0 bridgehead atoms. The summed E-state index contributed by atoms with van der Waals surface area (Å²) in [5.74, 6) is 0. The summed E-state index contributed by atoms with van der Waals surface area (Å²) in [5.41, 5.74) is 0. The molecule has 0 aromatic carbocycles. The summed E-state index contributed by atoms with van der Waals surface area (Å²) < 4.78 is 0. The SMILES string of the molecule is C1CCCNCCCCCNCCCCCNCCC1. The van der Waals surface area contributed by atoms with Crippen LogP contribution in [0.2, 0.25) is 0 Å². The van der Waals surface area contributed by atoms with Crippen LogP contribution in [0.3, 0.4) is 0 Å². The normalized spacial score (nSPS) is 24.0. The van der Waals surface area contributed by atoms with Crippen molar-refractivity contribution in [3.8, 4) is 0 Å². The molecule has 1 aliphatic rings. The van der Waals surface area contributed by atoms with Crippen LogP contribution in [-0.4, -0.2) is 39.3 Å². The Morgan fingerprint density at radius 3 is 0.750 bits per heavy atom. The van der Waals surface area contributed by atoms with Crippen LogP contribution in [0.1, 0.15) is 70.6 Å². The van der Waals surface area contributed by atoms with Crippen LogP contribution in [-0.2, 0) is 0 Å². The molecule has 0 amide bonds. The molecule has 0 atom stereocenters. The molecule has 0 unspecified atom stereocenters. The lowest BCUT2D eigenvalue weighted by atomic mass is 10.1. The lowest BCUT2D eigenvalue weighted by Crippen LogP contribution is -2.20. The second-order valence-electron chi connectivity index (χ2n) is 6.14. The van der Waals surface area contributed by atoms with E-state index in [1.54, 1.807) is 0 Å². The van der Waals surface area contributed by atoms with Crippen molar-refractivity contribution < 1.29 is 0 Å². The number of hydrogen-bond donors (Lipinski definition) is 3. The average molecular weight is 284 g/mol. The first-order chi connectivity index (χ1) is 10.0. The third-order valence-corrected chi connectivity index (χ3v) is 4.12. The Kier molecular flexibility index (Phi) is 13.7. The highest BCUT2D eigenvalue weighted by Crippen LogP contribution is 2.02. The molecule has 1 heterocycles. The summed E-state index contributed by atoms with van der Waals surface area (Å²) in [6.07, 6.45) is 15.0. The number of hydrogen-bond acceptors (Lipinski definition) is 3. The summed E-state index contributed by atoms with van der Waals surface area (Å²) in [6, 6.07) is 0. The van der Waals surface area contributed by atoms with Gasteiger partial charge in [-0.05, 0) is 77.8 Å². The van der Waals surface area contributed by atoms with E-state index < -0.39 is 0 Å². The Hall–Kier alpha value is -0.120. The van der Waals surface area contributed by atoms with Crippen LogP contribution in [0, 0.1) is 0 Å². The Labute approximate surface area is 126 Å². The van der Waals surface area contributed by atoms with Crippen LogP contribution < -0.4 is 16.0 Å². The summed E-state index contributed by atoms with van der Waals surface area (Å²) >= 11 is 0. The van der Waals surface area contributed by atoms with Crippen molar-refractivity contribution in [1.29, 1.82) is 0 Å². The predicted octanol–water partition coefficient (Wildman–Crippen LogP) is 3.06. The van der Waals surface area contributed by atoms with Gasteiger partial charge in [-0.25, -0.2) is 0 Å². The van der Waals surface area contributed by atoms with E-state index in [-0.39, 0.29) is 0 Å². The van der Waals surface area contributed by atoms with E-state index in [9.17, 15) is 0 Å². The molecular weight excluding hydrogens is 246 g/mol. The van der Waals surface area contributed by atoms with Gasteiger partial charge in [-0.3, -0.25) is 0 Å². The van der Waals surface area contributed by atoms with Gasteiger partial charge in [0.25, 0.3) is 0 Å². The summed E-state index contributed by atoms with van der Waals surface area (Å²) in [5, 5.41) is 10.7. The molecule has 0 saturated carbocycles. The van der Waals surface area contributed by atoms with Gasteiger partial charge in [-0.15, -0.1) is 0 Å². The van der Waals surface area contributed by atoms with Crippen molar-refractivity contribution in [1.82, 2.24) is 16.0 Å². The Morgan fingerprint density at radius 1 is 0.250 bits per heavy atom. The molecule has 3 heteroatoms. The third kappa shape index (κ3) is 12.9. The van der Waals surface area contributed by atoms with E-state index >= 15 is 0 Å². The van der Waals surface area contributed by atoms with Gasteiger partial charge >= 0.3 is 0 Å². The molecule has 1 rings (SSSR count). The van der Waals surface area contributed by atoms with Crippen molar-refractivity contribution in [2.75, 3.05) is 39.3 Å². The predicted molar refractivity (Wildman–Crippen MR) is 89.4 cm³/mol. The van der Waals surface area contributed by atoms with Crippen LogP contribution in [0.5, 0.6) is 0 Å². The maximum Gasteiger partial charge on any atom is -0.00489 e. The highest BCUT2D eigenvalue weighted by Gasteiger charge is 1.95. The molecule has 20 heavy (non-hydrogen) atoms. The molecule has 0 radical (unpaired) electrons. The highest BCUT2D eigenvalue weighted by atomic mass is 14.9. The van der Waals surface area contributed by atoms with E-state index in [0.29, 0.717) is 0 Å². The van der Waals surface area contributed by atoms with Crippen LogP contribution in [0.15, 0.2) is 0 Å². The molecule has 3 N–H and O–H groups in total. The second kappa shape index (κ2) is 15.3. The van der Waals surface area contributed by atoms with Crippen LogP contribution >= 0.6 is 0 Å². The van der Waals surface area contributed by atoms with Crippen molar-refractivity contribution in [2.45, 2.75) is 70.6 Å². The fourth-order valence-corrected chi connectivity index (χ4v) is 2.76. The molecule has 0 aromatic heterocycles. The minimum absolute atomic E-state index is 1.21. The molecule has 1 saturated heterocycles. The zero-order valence-corrected chi connectivity index (χ0v) is 13.5. The standard InChI is InChI=1S/C17H37N3/c1-2-6-12-18-14-8-4-10-16-20-17-11-5-9-15-19-13-7-3-1/h18-20H,1-17H2. The first kappa shape index (κ1) is 17.9. The minimum atomic E-state index is 1.21. The first-order valence-electron chi connectivity index (χ1n) is 9.12. The molecule has 1 fully saturated rings.